The summed E-state index contributed by atoms with van der Waals surface area (Å²) in [5, 5.41) is 0.323. The van der Waals surface area contributed by atoms with E-state index in [0.717, 1.165) is 12.2 Å². The fourth-order valence-electron chi connectivity index (χ4n) is 0.432. The van der Waals surface area contributed by atoms with Gasteiger partial charge in [0.2, 0.25) is 0 Å². The molecule has 0 aliphatic rings. The Balaban J connectivity index is 0. The second kappa shape index (κ2) is 12.8. The van der Waals surface area contributed by atoms with Crippen LogP contribution in [0, 0.1) is 0 Å². The summed E-state index contributed by atoms with van der Waals surface area (Å²) in [7, 11) is 0. The van der Waals surface area contributed by atoms with E-state index in [-0.39, 0.29) is 0 Å². The molecule has 0 radical (unpaired) electrons. The minimum absolute atomic E-state index is 0.323. The molecule has 80 valence electrons. The van der Waals surface area contributed by atoms with Crippen molar-refractivity contribution in [2.24, 2.45) is 0 Å². The summed E-state index contributed by atoms with van der Waals surface area (Å²) in [5.41, 5.74) is 0. The van der Waals surface area contributed by atoms with Crippen molar-refractivity contribution < 1.29 is 4.79 Å². The molecule has 13 heavy (non-hydrogen) atoms. The van der Waals surface area contributed by atoms with Crippen molar-refractivity contribution in [1.82, 2.24) is 0 Å². The molecule has 0 spiro atoms. The molecule has 0 fully saturated rings. The van der Waals surface area contributed by atoms with Crippen LogP contribution >= 0.6 is 11.8 Å². The van der Waals surface area contributed by atoms with Crippen molar-refractivity contribution >= 4 is 36.6 Å². The number of carbonyl (C=O) groups excluding carboxylic acids is 1. The van der Waals surface area contributed by atoms with Gasteiger partial charge in [0.15, 0.2) is 5.12 Å². The predicted molar refractivity (Wildman–Crippen MR) is 67.4 cm³/mol. The fraction of sp³-hybridized carbons (Fsp3) is 0.900. The topological polar surface area (TPSA) is 17.1 Å². The Bertz CT molecular complexity index is 113. The third-order valence-corrected chi connectivity index (χ3v) is 2.15. The first-order chi connectivity index (χ1) is 6.04. The SMILES string of the molecule is CCCCSC(=O)CC.[CH3][SnH]([CH3])[CH3]. The van der Waals surface area contributed by atoms with Crippen LogP contribution < -0.4 is 0 Å². The van der Waals surface area contributed by atoms with Gasteiger partial charge < -0.3 is 0 Å². The van der Waals surface area contributed by atoms with Crippen LogP contribution in [0.25, 0.3) is 0 Å². The zero-order chi connectivity index (χ0) is 10.7. The van der Waals surface area contributed by atoms with Crippen molar-refractivity contribution in [1.29, 1.82) is 0 Å². The maximum absolute atomic E-state index is 10.6. The number of hydrogen-bond donors (Lipinski definition) is 0. The average molecular weight is 311 g/mol. The van der Waals surface area contributed by atoms with Gasteiger partial charge in [0.25, 0.3) is 0 Å². The first-order valence-electron chi connectivity index (χ1n) is 5.20. The normalized spacial score (nSPS) is 9.38. The van der Waals surface area contributed by atoms with Crippen molar-refractivity contribution in [2.75, 3.05) is 5.75 Å². The Morgan fingerprint density at radius 2 is 1.69 bits per heavy atom. The molecule has 0 aliphatic heterocycles. The van der Waals surface area contributed by atoms with Gasteiger partial charge in [-0.15, -0.1) is 0 Å². The van der Waals surface area contributed by atoms with Gasteiger partial charge in [-0.05, 0) is 6.42 Å². The predicted octanol–water partition coefficient (Wildman–Crippen LogP) is 3.56. The van der Waals surface area contributed by atoms with Crippen LogP contribution in [0.1, 0.15) is 33.1 Å². The zero-order valence-electron chi connectivity index (χ0n) is 9.72. The maximum atomic E-state index is 10.6. The van der Waals surface area contributed by atoms with E-state index in [9.17, 15) is 4.79 Å². The summed E-state index contributed by atoms with van der Waals surface area (Å²) >= 11 is 0.825. The average Bonchev–Trinajstić information content (AvgIpc) is 2.03. The van der Waals surface area contributed by atoms with E-state index in [2.05, 4.69) is 21.7 Å². The van der Waals surface area contributed by atoms with Gasteiger partial charge in [-0.1, -0.05) is 32.0 Å². The molecular weight excluding hydrogens is 287 g/mol. The summed E-state index contributed by atoms with van der Waals surface area (Å²) in [6.07, 6.45) is 3.02. The third-order valence-electron chi connectivity index (χ3n) is 1.05. The minimum atomic E-state index is -0.637. The fourth-order valence-corrected chi connectivity index (χ4v) is 1.30. The first-order valence-corrected chi connectivity index (χ1v) is 16.1. The molecule has 0 atom stereocenters. The molecule has 0 heterocycles. The summed E-state index contributed by atoms with van der Waals surface area (Å²) in [6.45, 7) is 4.04. The molecule has 1 nitrogen and oxygen atoms in total. The van der Waals surface area contributed by atoms with Crippen LogP contribution in [0.2, 0.25) is 14.8 Å². The van der Waals surface area contributed by atoms with Crippen LogP contribution in [0.5, 0.6) is 0 Å². The Labute approximate surface area is 94.8 Å². The second-order valence-electron chi connectivity index (χ2n) is 3.66. The molecule has 0 amide bonds. The van der Waals surface area contributed by atoms with Crippen molar-refractivity contribution in [3.05, 3.63) is 0 Å². The molecule has 0 bridgehead atoms. The van der Waals surface area contributed by atoms with Gasteiger partial charge in [-0.25, -0.2) is 0 Å². The number of thioether (sulfide) groups is 1. The van der Waals surface area contributed by atoms with Gasteiger partial charge in [0.05, 0.1) is 0 Å². The molecule has 3 heteroatoms. The van der Waals surface area contributed by atoms with E-state index in [1.165, 1.54) is 18.2 Å². The number of hydrogen-bond acceptors (Lipinski definition) is 2. The van der Waals surface area contributed by atoms with Gasteiger partial charge in [0.1, 0.15) is 0 Å². The van der Waals surface area contributed by atoms with E-state index < -0.39 is 19.8 Å². The number of carbonyl (C=O) groups is 1. The molecule has 0 aromatic carbocycles. The molecule has 0 N–H and O–H groups in total. The Morgan fingerprint density at radius 3 is 2.00 bits per heavy atom. The molecule has 0 aliphatic carbocycles. The zero-order valence-corrected chi connectivity index (χ0v) is 13.8. The Morgan fingerprint density at radius 1 is 1.23 bits per heavy atom. The van der Waals surface area contributed by atoms with E-state index >= 15 is 0 Å². The molecule has 0 saturated carbocycles. The van der Waals surface area contributed by atoms with Crippen molar-refractivity contribution in [3.8, 4) is 0 Å². The summed E-state index contributed by atoms with van der Waals surface area (Å²) in [5.74, 6) is 1.00. The standard InChI is InChI=1S/C7H14OS.3CH3.Sn.H/c1-3-5-6-9-7(8)4-2;;;;;/h3-6H2,1-2H3;3*1H3;;. The van der Waals surface area contributed by atoms with Gasteiger partial charge >= 0.3 is 34.6 Å². The Kier molecular flexibility index (Phi) is 16.0. The summed E-state index contributed by atoms with van der Waals surface area (Å²) in [6, 6.07) is 0. The van der Waals surface area contributed by atoms with Crippen LogP contribution in [0.3, 0.4) is 0 Å². The van der Waals surface area contributed by atoms with E-state index in [1.807, 2.05) is 6.92 Å². The number of unbranched alkanes of at least 4 members (excludes halogenated alkanes) is 1. The third kappa shape index (κ3) is 24.5. The summed E-state index contributed by atoms with van der Waals surface area (Å²) < 4.78 is 0. The summed E-state index contributed by atoms with van der Waals surface area (Å²) in [4.78, 5) is 17.8. The van der Waals surface area contributed by atoms with E-state index in [1.54, 1.807) is 0 Å². The molecule has 0 unspecified atom stereocenters. The monoisotopic (exact) mass is 312 g/mol. The molecule has 0 aromatic heterocycles. The van der Waals surface area contributed by atoms with Crippen LogP contribution in [0.15, 0.2) is 0 Å². The number of rotatable bonds is 4. The van der Waals surface area contributed by atoms with Crippen molar-refractivity contribution in [2.45, 2.75) is 47.9 Å². The quantitative estimate of drug-likeness (QED) is 0.583. The van der Waals surface area contributed by atoms with Crippen molar-refractivity contribution in [3.63, 3.8) is 0 Å². The van der Waals surface area contributed by atoms with Crippen LogP contribution in [0.4, 0.5) is 0 Å². The molecular formula is C10H24OSSn. The van der Waals surface area contributed by atoms with E-state index in [4.69, 9.17) is 0 Å². The van der Waals surface area contributed by atoms with Crippen LogP contribution in [-0.2, 0) is 4.79 Å². The first kappa shape index (κ1) is 16.3. The molecule has 0 aromatic rings. The second-order valence-corrected chi connectivity index (χ2v) is 14.7. The van der Waals surface area contributed by atoms with Gasteiger partial charge in [-0.3, -0.25) is 4.79 Å². The van der Waals surface area contributed by atoms with Gasteiger partial charge in [0, 0.05) is 12.2 Å². The Hall–Kier alpha value is 0.819. The van der Waals surface area contributed by atoms with Gasteiger partial charge in [-0.2, -0.15) is 0 Å². The molecule has 0 saturated heterocycles. The molecule has 0 rings (SSSR count). The van der Waals surface area contributed by atoms with E-state index in [0.29, 0.717) is 11.5 Å². The van der Waals surface area contributed by atoms with Crippen LogP contribution in [-0.4, -0.2) is 30.6 Å².